The van der Waals surface area contributed by atoms with Crippen LogP contribution in [0.3, 0.4) is 0 Å². The van der Waals surface area contributed by atoms with E-state index in [4.69, 9.17) is 4.74 Å². The summed E-state index contributed by atoms with van der Waals surface area (Å²) in [6.07, 6.45) is 0. The molecule has 0 aliphatic rings. The van der Waals surface area contributed by atoms with Gasteiger partial charge in [0.25, 0.3) is 0 Å². The van der Waals surface area contributed by atoms with E-state index in [9.17, 15) is 4.79 Å². The molecule has 2 atom stereocenters. The molecule has 0 heterocycles. The van der Waals surface area contributed by atoms with E-state index in [1.165, 1.54) is 11.1 Å². The Hall–Kier alpha value is -1.94. The smallest absolute Gasteiger partial charge is 0.233 e. The number of hydrogen-bond donors (Lipinski definition) is 1. The minimum absolute atomic E-state index is 0.0291. The number of benzene rings is 2. The molecule has 0 saturated heterocycles. The number of carbonyl (C=O) groups is 1. The van der Waals surface area contributed by atoms with E-state index in [2.05, 4.69) is 17.4 Å². The molecule has 1 N–H and O–H groups in total. The van der Waals surface area contributed by atoms with Crippen molar-refractivity contribution < 1.29 is 9.53 Å². The molecule has 0 spiro atoms. The molecule has 0 radical (unpaired) electrons. The molecule has 0 aliphatic carbocycles. The van der Waals surface area contributed by atoms with Crippen molar-refractivity contribution in [1.29, 1.82) is 0 Å². The van der Waals surface area contributed by atoms with Crippen LogP contribution in [0, 0.1) is 6.92 Å². The summed E-state index contributed by atoms with van der Waals surface area (Å²) in [6, 6.07) is 18.1. The van der Waals surface area contributed by atoms with Gasteiger partial charge >= 0.3 is 0 Å². The monoisotopic (exact) mass is 343 g/mol. The van der Waals surface area contributed by atoms with Crippen LogP contribution in [0.1, 0.15) is 25.0 Å². The van der Waals surface area contributed by atoms with E-state index in [-0.39, 0.29) is 17.2 Å². The van der Waals surface area contributed by atoms with E-state index >= 15 is 0 Å². The molecule has 0 aromatic heterocycles. The fourth-order valence-electron chi connectivity index (χ4n) is 2.13. The summed E-state index contributed by atoms with van der Waals surface area (Å²) in [5.74, 6) is 1.72. The number of thioether (sulfide) groups is 1. The number of ether oxygens (including phenoxy) is 1. The summed E-state index contributed by atoms with van der Waals surface area (Å²) in [5.41, 5.74) is 2.44. The van der Waals surface area contributed by atoms with Gasteiger partial charge in [0.05, 0.1) is 11.3 Å². The summed E-state index contributed by atoms with van der Waals surface area (Å²) in [6.45, 7) is 6.41. The average molecular weight is 343 g/mol. The van der Waals surface area contributed by atoms with E-state index in [1.54, 1.807) is 11.8 Å². The fraction of sp³-hybridized carbons (Fsp3) is 0.350. The maximum absolute atomic E-state index is 12.2. The second-order valence-electron chi connectivity index (χ2n) is 5.97. The van der Waals surface area contributed by atoms with Crippen LogP contribution in [-0.2, 0) is 10.5 Å². The van der Waals surface area contributed by atoms with Crippen LogP contribution < -0.4 is 10.1 Å². The molecule has 0 fully saturated rings. The Balaban J connectivity index is 1.71. The Bertz CT molecular complexity index is 628. The van der Waals surface area contributed by atoms with Gasteiger partial charge in [-0.2, -0.15) is 0 Å². The van der Waals surface area contributed by atoms with Crippen LogP contribution >= 0.6 is 11.8 Å². The lowest BCUT2D eigenvalue weighted by Gasteiger charge is -2.18. The molecule has 128 valence electrons. The number of rotatable bonds is 8. The van der Waals surface area contributed by atoms with Crippen LogP contribution in [0.15, 0.2) is 54.6 Å². The van der Waals surface area contributed by atoms with Crippen molar-refractivity contribution in [3.8, 4) is 5.75 Å². The van der Waals surface area contributed by atoms with Crippen LogP contribution in [-0.4, -0.2) is 23.8 Å². The minimum Gasteiger partial charge on any atom is -0.491 e. The highest BCUT2D eigenvalue weighted by Gasteiger charge is 2.16. The summed E-state index contributed by atoms with van der Waals surface area (Å²) < 4.78 is 5.71. The topological polar surface area (TPSA) is 38.3 Å². The Morgan fingerprint density at radius 2 is 1.75 bits per heavy atom. The molecule has 2 rings (SSSR count). The quantitative estimate of drug-likeness (QED) is 0.781. The van der Waals surface area contributed by atoms with Crippen molar-refractivity contribution in [2.24, 2.45) is 0 Å². The molecule has 4 heteroatoms. The Morgan fingerprint density at radius 1 is 1.08 bits per heavy atom. The molecule has 2 aromatic rings. The molecular weight excluding hydrogens is 318 g/mol. The molecule has 1 amide bonds. The fourth-order valence-corrected chi connectivity index (χ4v) is 2.98. The first kappa shape index (κ1) is 18.4. The zero-order chi connectivity index (χ0) is 17.4. The van der Waals surface area contributed by atoms with Gasteiger partial charge in [0.2, 0.25) is 5.91 Å². The molecule has 2 aromatic carbocycles. The number of amides is 1. The first-order valence-electron chi connectivity index (χ1n) is 8.20. The highest BCUT2D eigenvalue weighted by molar-refractivity contribution is 7.99. The van der Waals surface area contributed by atoms with Crippen molar-refractivity contribution in [2.75, 3.05) is 6.61 Å². The third kappa shape index (κ3) is 6.28. The van der Waals surface area contributed by atoms with Gasteiger partial charge in [-0.15, -0.1) is 11.8 Å². The van der Waals surface area contributed by atoms with Crippen molar-refractivity contribution in [3.05, 3.63) is 65.7 Å². The van der Waals surface area contributed by atoms with E-state index in [0.29, 0.717) is 6.61 Å². The first-order valence-corrected chi connectivity index (χ1v) is 9.25. The zero-order valence-electron chi connectivity index (χ0n) is 14.5. The summed E-state index contributed by atoms with van der Waals surface area (Å²) >= 11 is 1.64. The zero-order valence-corrected chi connectivity index (χ0v) is 15.3. The molecule has 0 saturated carbocycles. The van der Waals surface area contributed by atoms with Crippen LogP contribution in [0.4, 0.5) is 0 Å². The van der Waals surface area contributed by atoms with Crippen molar-refractivity contribution >= 4 is 17.7 Å². The Kier molecular flexibility index (Phi) is 7.19. The number of carbonyl (C=O) groups excluding carboxylic acids is 1. The van der Waals surface area contributed by atoms with Gasteiger partial charge in [-0.1, -0.05) is 48.0 Å². The third-order valence-electron chi connectivity index (χ3n) is 3.62. The number of aryl methyl sites for hydroxylation is 1. The van der Waals surface area contributed by atoms with Gasteiger partial charge in [0.1, 0.15) is 12.4 Å². The van der Waals surface area contributed by atoms with Crippen LogP contribution in [0.2, 0.25) is 0 Å². The predicted octanol–water partition coefficient (Wildman–Crippen LogP) is 4.20. The Morgan fingerprint density at radius 3 is 2.42 bits per heavy atom. The summed E-state index contributed by atoms with van der Waals surface area (Å²) in [4.78, 5) is 12.2. The van der Waals surface area contributed by atoms with Crippen LogP contribution in [0.25, 0.3) is 0 Å². The normalized spacial score (nSPS) is 13.1. The Labute approximate surface area is 148 Å². The van der Waals surface area contributed by atoms with Crippen molar-refractivity contribution in [3.63, 3.8) is 0 Å². The van der Waals surface area contributed by atoms with Gasteiger partial charge in [0.15, 0.2) is 0 Å². The second kappa shape index (κ2) is 9.38. The van der Waals surface area contributed by atoms with E-state index < -0.39 is 0 Å². The highest BCUT2D eigenvalue weighted by atomic mass is 32.2. The van der Waals surface area contributed by atoms with Gasteiger partial charge < -0.3 is 10.1 Å². The predicted molar refractivity (Wildman–Crippen MR) is 101 cm³/mol. The van der Waals surface area contributed by atoms with E-state index in [1.807, 2.05) is 63.2 Å². The third-order valence-corrected chi connectivity index (χ3v) is 4.84. The van der Waals surface area contributed by atoms with Gasteiger partial charge in [-0.3, -0.25) is 4.79 Å². The SMILES string of the molecule is Cc1ccc(OC[C@H](C)NC(=O)[C@@H](C)SCc2ccccc2)cc1. The molecule has 0 unspecified atom stereocenters. The van der Waals surface area contributed by atoms with E-state index in [0.717, 1.165) is 11.5 Å². The van der Waals surface area contributed by atoms with Gasteiger partial charge in [-0.05, 0) is 38.5 Å². The molecule has 0 aliphatic heterocycles. The molecule has 24 heavy (non-hydrogen) atoms. The number of hydrogen-bond acceptors (Lipinski definition) is 3. The number of nitrogens with one attached hydrogen (secondary N) is 1. The lowest BCUT2D eigenvalue weighted by Crippen LogP contribution is -2.40. The van der Waals surface area contributed by atoms with Gasteiger partial charge in [-0.25, -0.2) is 0 Å². The molecule has 3 nitrogen and oxygen atoms in total. The molecule has 0 bridgehead atoms. The first-order chi connectivity index (χ1) is 11.5. The lowest BCUT2D eigenvalue weighted by atomic mass is 10.2. The summed E-state index contributed by atoms with van der Waals surface area (Å²) in [7, 11) is 0. The average Bonchev–Trinajstić information content (AvgIpc) is 2.60. The summed E-state index contributed by atoms with van der Waals surface area (Å²) in [5, 5.41) is 2.92. The maximum atomic E-state index is 12.2. The van der Waals surface area contributed by atoms with Gasteiger partial charge in [0, 0.05) is 5.75 Å². The maximum Gasteiger partial charge on any atom is 0.233 e. The lowest BCUT2D eigenvalue weighted by molar-refractivity contribution is -0.121. The molecular formula is C20H25NO2S. The second-order valence-corrected chi connectivity index (χ2v) is 7.30. The largest absolute Gasteiger partial charge is 0.491 e. The van der Waals surface area contributed by atoms with Crippen molar-refractivity contribution in [2.45, 2.75) is 37.8 Å². The minimum atomic E-state index is -0.0907. The highest BCUT2D eigenvalue weighted by Crippen LogP contribution is 2.18. The standard InChI is InChI=1S/C20H25NO2S/c1-15-9-11-19(12-10-15)23-13-16(2)21-20(22)17(3)24-14-18-7-5-4-6-8-18/h4-12,16-17H,13-14H2,1-3H3,(H,21,22)/t16-,17+/m0/s1. The van der Waals surface area contributed by atoms with Crippen LogP contribution in [0.5, 0.6) is 5.75 Å². The van der Waals surface area contributed by atoms with Crippen molar-refractivity contribution in [1.82, 2.24) is 5.32 Å².